The molecule has 0 atom stereocenters. The van der Waals surface area contributed by atoms with E-state index in [4.69, 9.17) is 0 Å². The number of hydrogen-bond acceptors (Lipinski definition) is 3. The van der Waals surface area contributed by atoms with Gasteiger partial charge in [0.2, 0.25) is 0 Å². The molecule has 0 fully saturated rings. The molecule has 1 rings (SSSR count). The zero-order valence-electron chi connectivity index (χ0n) is 9.38. The minimum atomic E-state index is 0.246. The molecule has 0 saturated carbocycles. The number of aromatic hydroxyl groups is 1. The van der Waals surface area contributed by atoms with Gasteiger partial charge in [0.15, 0.2) is 0 Å². The predicted molar refractivity (Wildman–Crippen MR) is 82.7 cm³/mol. The number of phenols is 1. The standard InChI is InChI=1S/C12H15Br2NOS/c1-2-4-17-5-3-15-8-9-6-10(13)12(16)11(14)7-9/h2,6-7,15-16H,1,3-5,8H2. The molecule has 0 unspecified atom stereocenters. The molecule has 1 aromatic rings. The molecule has 2 N–H and O–H groups in total. The third-order valence-corrected chi connectivity index (χ3v) is 4.24. The largest absolute Gasteiger partial charge is 0.506 e. The van der Waals surface area contributed by atoms with E-state index in [-0.39, 0.29) is 5.75 Å². The first-order valence-electron chi connectivity index (χ1n) is 5.21. The fraction of sp³-hybridized carbons (Fsp3) is 0.333. The van der Waals surface area contributed by atoms with Crippen molar-refractivity contribution in [3.63, 3.8) is 0 Å². The highest BCUT2D eigenvalue weighted by atomic mass is 79.9. The van der Waals surface area contributed by atoms with Crippen LogP contribution in [0.25, 0.3) is 0 Å². The first-order chi connectivity index (χ1) is 8.15. The van der Waals surface area contributed by atoms with Crippen LogP contribution in [0.5, 0.6) is 5.75 Å². The van der Waals surface area contributed by atoms with E-state index in [9.17, 15) is 5.11 Å². The lowest BCUT2D eigenvalue weighted by Gasteiger charge is -2.07. The van der Waals surface area contributed by atoms with E-state index >= 15 is 0 Å². The zero-order chi connectivity index (χ0) is 12.7. The molecule has 0 radical (unpaired) electrons. The van der Waals surface area contributed by atoms with Gasteiger partial charge < -0.3 is 10.4 Å². The lowest BCUT2D eigenvalue weighted by atomic mass is 10.2. The number of rotatable bonds is 7. The maximum Gasteiger partial charge on any atom is 0.143 e. The molecule has 17 heavy (non-hydrogen) atoms. The van der Waals surface area contributed by atoms with Gasteiger partial charge in [-0.2, -0.15) is 11.8 Å². The molecule has 0 bridgehead atoms. The summed E-state index contributed by atoms with van der Waals surface area (Å²) in [5.41, 5.74) is 1.13. The van der Waals surface area contributed by atoms with E-state index in [2.05, 4.69) is 43.8 Å². The summed E-state index contributed by atoms with van der Waals surface area (Å²) in [5, 5.41) is 12.9. The van der Waals surface area contributed by atoms with Crippen molar-refractivity contribution in [2.75, 3.05) is 18.1 Å². The van der Waals surface area contributed by atoms with Crippen LogP contribution >= 0.6 is 43.6 Å². The van der Waals surface area contributed by atoms with Crippen LogP contribution in [0, 0.1) is 0 Å². The monoisotopic (exact) mass is 379 g/mol. The van der Waals surface area contributed by atoms with Crippen molar-refractivity contribution in [3.8, 4) is 5.75 Å². The van der Waals surface area contributed by atoms with E-state index in [1.165, 1.54) is 0 Å². The fourth-order valence-corrected chi connectivity index (χ4v) is 3.17. The van der Waals surface area contributed by atoms with Crippen molar-refractivity contribution in [2.24, 2.45) is 0 Å². The second kappa shape index (κ2) is 8.19. The summed E-state index contributed by atoms with van der Waals surface area (Å²) >= 11 is 8.49. The summed E-state index contributed by atoms with van der Waals surface area (Å²) in [4.78, 5) is 0. The number of hydrogen-bond donors (Lipinski definition) is 2. The van der Waals surface area contributed by atoms with Crippen LogP contribution in [-0.2, 0) is 6.54 Å². The summed E-state index contributed by atoms with van der Waals surface area (Å²) in [7, 11) is 0. The van der Waals surface area contributed by atoms with E-state index in [1.54, 1.807) is 0 Å². The summed E-state index contributed by atoms with van der Waals surface area (Å²) in [6, 6.07) is 3.84. The van der Waals surface area contributed by atoms with Crippen molar-refractivity contribution in [1.82, 2.24) is 5.32 Å². The fourth-order valence-electron chi connectivity index (χ4n) is 1.26. The van der Waals surface area contributed by atoms with Crippen molar-refractivity contribution in [2.45, 2.75) is 6.54 Å². The van der Waals surface area contributed by atoms with Crippen LogP contribution in [0.15, 0.2) is 33.7 Å². The number of thioether (sulfide) groups is 1. The van der Waals surface area contributed by atoms with Gasteiger partial charge in [-0.15, -0.1) is 6.58 Å². The smallest absolute Gasteiger partial charge is 0.143 e. The molecule has 0 aliphatic carbocycles. The summed E-state index contributed by atoms with van der Waals surface area (Å²) < 4.78 is 1.43. The van der Waals surface area contributed by atoms with Gasteiger partial charge in [-0.25, -0.2) is 0 Å². The van der Waals surface area contributed by atoms with Crippen LogP contribution in [0.4, 0.5) is 0 Å². The Balaban J connectivity index is 2.34. The molecule has 0 aromatic heterocycles. The number of benzene rings is 1. The maximum atomic E-state index is 9.57. The van der Waals surface area contributed by atoms with Gasteiger partial charge in [0.25, 0.3) is 0 Å². The van der Waals surface area contributed by atoms with Gasteiger partial charge >= 0.3 is 0 Å². The second-order valence-corrected chi connectivity index (χ2v) is 6.31. The lowest BCUT2D eigenvalue weighted by molar-refractivity contribution is 0.468. The van der Waals surface area contributed by atoms with Crippen LogP contribution in [0.2, 0.25) is 0 Å². The van der Waals surface area contributed by atoms with Gasteiger partial charge in [0, 0.05) is 24.6 Å². The first-order valence-corrected chi connectivity index (χ1v) is 7.95. The lowest BCUT2D eigenvalue weighted by Crippen LogP contribution is -2.16. The summed E-state index contributed by atoms with van der Waals surface area (Å²) in [6.07, 6.45) is 1.92. The topological polar surface area (TPSA) is 32.3 Å². The first kappa shape index (κ1) is 15.1. The quantitative estimate of drug-likeness (QED) is 0.555. The molecule has 0 spiro atoms. The Hall–Kier alpha value is 0.0300. The highest BCUT2D eigenvalue weighted by molar-refractivity contribution is 9.11. The van der Waals surface area contributed by atoms with E-state index in [0.29, 0.717) is 8.95 Å². The van der Waals surface area contributed by atoms with Gasteiger partial charge in [0.05, 0.1) is 8.95 Å². The highest BCUT2D eigenvalue weighted by Crippen LogP contribution is 2.33. The number of halogens is 2. The van der Waals surface area contributed by atoms with Crippen molar-refractivity contribution >= 4 is 43.6 Å². The molecule has 0 saturated heterocycles. The van der Waals surface area contributed by atoms with Crippen LogP contribution in [-0.4, -0.2) is 23.2 Å². The van der Waals surface area contributed by atoms with Crippen LogP contribution < -0.4 is 5.32 Å². The van der Waals surface area contributed by atoms with Gasteiger partial charge in [-0.1, -0.05) is 6.08 Å². The van der Waals surface area contributed by atoms with Crippen molar-refractivity contribution < 1.29 is 5.11 Å². The van der Waals surface area contributed by atoms with Crippen molar-refractivity contribution in [3.05, 3.63) is 39.3 Å². The Kier molecular flexibility index (Phi) is 7.27. The van der Waals surface area contributed by atoms with E-state index in [1.807, 2.05) is 30.0 Å². The van der Waals surface area contributed by atoms with Crippen LogP contribution in [0.3, 0.4) is 0 Å². The molecule has 5 heteroatoms. The Morgan fingerprint density at radius 1 is 1.35 bits per heavy atom. The Labute approximate surface area is 123 Å². The molecular formula is C12H15Br2NOS. The molecule has 0 aliphatic rings. The average molecular weight is 381 g/mol. The normalized spacial score (nSPS) is 10.5. The molecule has 0 aliphatic heterocycles. The summed E-state index contributed by atoms with van der Waals surface area (Å²) in [6.45, 7) is 5.44. The molecule has 94 valence electrons. The third-order valence-electron chi connectivity index (χ3n) is 2.06. The van der Waals surface area contributed by atoms with E-state index < -0.39 is 0 Å². The van der Waals surface area contributed by atoms with Gasteiger partial charge in [-0.3, -0.25) is 0 Å². The molecule has 1 aromatic carbocycles. The molecule has 2 nitrogen and oxygen atoms in total. The Bertz CT molecular complexity index is 362. The minimum Gasteiger partial charge on any atom is -0.506 e. The molecule has 0 heterocycles. The predicted octanol–water partition coefficient (Wildman–Crippen LogP) is 3.93. The van der Waals surface area contributed by atoms with Crippen molar-refractivity contribution in [1.29, 1.82) is 0 Å². The van der Waals surface area contributed by atoms with Crippen LogP contribution in [0.1, 0.15) is 5.56 Å². The van der Waals surface area contributed by atoms with Gasteiger partial charge in [0.1, 0.15) is 5.75 Å². The Morgan fingerprint density at radius 3 is 2.59 bits per heavy atom. The Morgan fingerprint density at radius 2 is 2.00 bits per heavy atom. The highest BCUT2D eigenvalue weighted by Gasteiger charge is 2.05. The third kappa shape index (κ3) is 5.46. The minimum absolute atomic E-state index is 0.246. The van der Waals surface area contributed by atoms with E-state index in [0.717, 1.165) is 30.2 Å². The average Bonchev–Trinajstić information content (AvgIpc) is 2.30. The second-order valence-electron chi connectivity index (χ2n) is 3.45. The van der Waals surface area contributed by atoms with Gasteiger partial charge in [-0.05, 0) is 49.6 Å². The zero-order valence-corrected chi connectivity index (χ0v) is 13.4. The summed E-state index contributed by atoms with van der Waals surface area (Å²) in [5.74, 6) is 2.32. The number of phenolic OH excluding ortho intramolecular Hbond substituents is 1. The maximum absolute atomic E-state index is 9.57. The SMILES string of the molecule is C=CCSCCNCc1cc(Br)c(O)c(Br)c1. The molecular weight excluding hydrogens is 366 g/mol. The molecule has 0 amide bonds. The number of nitrogens with one attached hydrogen (secondary N) is 1.